The van der Waals surface area contributed by atoms with Crippen LogP contribution in [0.5, 0.6) is 0 Å². The first-order valence-corrected chi connectivity index (χ1v) is 5.32. The van der Waals surface area contributed by atoms with Crippen molar-refractivity contribution in [2.75, 3.05) is 12.4 Å². The lowest BCUT2D eigenvalue weighted by atomic mass is 10.4. The van der Waals surface area contributed by atoms with Crippen molar-refractivity contribution in [3.05, 3.63) is 36.0 Å². The van der Waals surface area contributed by atoms with Gasteiger partial charge in [0.05, 0.1) is 31.7 Å². The highest BCUT2D eigenvalue weighted by Gasteiger charge is 2.08. The normalized spacial score (nSPS) is 10.1. The molecule has 18 heavy (non-hydrogen) atoms. The van der Waals surface area contributed by atoms with Crippen LogP contribution in [0.1, 0.15) is 16.2 Å². The maximum absolute atomic E-state index is 11.3. The van der Waals surface area contributed by atoms with E-state index in [1.807, 2.05) is 19.3 Å². The molecule has 0 atom stereocenters. The highest BCUT2D eigenvalue weighted by atomic mass is 16.5. The summed E-state index contributed by atoms with van der Waals surface area (Å²) in [4.78, 5) is 19.3. The summed E-state index contributed by atoms with van der Waals surface area (Å²) in [6, 6.07) is 1.89. The van der Waals surface area contributed by atoms with Gasteiger partial charge in [0.2, 0.25) is 0 Å². The Hall–Kier alpha value is -2.44. The van der Waals surface area contributed by atoms with E-state index in [4.69, 9.17) is 0 Å². The predicted molar refractivity (Wildman–Crippen MR) is 63.9 cm³/mol. The van der Waals surface area contributed by atoms with Gasteiger partial charge in [0.1, 0.15) is 5.82 Å². The number of hydrogen-bond donors (Lipinski definition) is 1. The number of carbonyl (C=O) groups excluding carboxylic acids is 1. The lowest BCUT2D eigenvalue weighted by Gasteiger charge is -2.04. The minimum atomic E-state index is -0.510. The zero-order valence-electron chi connectivity index (χ0n) is 10.1. The number of rotatable bonds is 4. The van der Waals surface area contributed by atoms with Crippen LogP contribution in [0.15, 0.2) is 24.7 Å². The van der Waals surface area contributed by atoms with Gasteiger partial charge >= 0.3 is 5.97 Å². The van der Waals surface area contributed by atoms with Crippen molar-refractivity contribution >= 4 is 11.8 Å². The highest BCUT2D eigenvalue weighted by molar-refractivity contribution is 5.87. The molecule has 2 aromatic heterocycles. The van der Waals surface area contributed by atoms with Gasteiger partial charge in [-0.15, -0.1) is 0 Å². The Labute approximate surface area is 104 Å². The van der Waals surface area contributed by atoms with E-state index in [2.05, 4.69) is 25.1 Å². The van der Waals surface area contributed by atoms with Crippen molar-refractivity contribution in [1.29, 1.82) is 0 Å². The maximum atomic E-state index is 11.3. The molecule has 0 aliphatic carbocycles. The molecular weight excluding hydrogens is 234 g/mol. The van der Waals surface area contributed by atoms with Crippen LogP contribution in [0.25, 0.3) is 0 Å². The molecular formula is C11H13N5O2. The molecule has 0 unspecified atom stereocenters. The number of esters is 1. The van der Waals surface area contributed by atoms with Crippen molar-refractivity contribution in [3.63, 3.8) is 0 Å². The first-order chi connectivity index (χ1) is 8.69. The van der Waals surface area contributed by atoms with E-state index in [1.54, 1.807) is 4.68 Å². The van der Waals surface area contributed by atoms with Gasteiger partial charge in [-0.1, -0.05) is 0 Å². The first-order valence-electron chi connectivity index (χ1n) is 5.32. The second kappa shape index (κ2) is 5.26. The van der Waals surface area contributed by atoms with Gasteiger partial charge in [0.15, 0.2) is 5.69 Å². The third-order valence-corrected chi connectivity index (χ3v) is 2.25. The molecule has 0 saturated carbocycles. The van der Waals surface area contributed by atoms with Crippen LogP contribution in [0.4, 0.5) is 5.82 Å². The predicted octanol–water partition coefficient (Wildman–Crippen LogP) is 0.609. The van der Waals surface area contributed by atoms with Crippen LogP contribution in [0.3, 0.4) is 0 Å². The third kappa shape index (κ3) is 2.82. The summed E-state index contributed by atoms with van der Waals surface area (Å²) in [5.74, 6) is -0.00691. The molecule has 7 heteroatoms. The van der Waals surface area contributed by atoms with Gasteiger partial charge in [0.25, 0.3) is 0 Å². The largest absolute Gasteiger partial charge is 0.464 e. The van der Waals surface area contributed by atoms with E-state index in [-0.39, 0.29) is 5.69 Å². The number of nitrogens with zero attached hydrogens (tertiary/aromatic N) is 4. The smallest absolute Gasteiger partial charge is 0.358 e. The number of carbonyl (C=O) groups is 1. The van der Waals surface area contributed by atoms with Gasteiger partial charge < -0.3 is 10.1 Å². The number of ether oxygens (including phenoxy) is 1. The molecule has 94 valence electrons. The third-order valence-electron chi connectivity index (χ3n) is 2.25. The summed E-state index contributed by atoms with van der Waals surface area (Å²) in [5, 5.41) is 7.25. The van der Waals surface area contributed by atoms with Crippen LogP contribution in [0, 0.1) is 0 Å². The van der Waals surface area contributed by atoms with Crippen LogP contribution in [-0.4, -0.2) is 32.8 Å². The number of aryl methyl sites for hydroxylation is 1. The Morgan fingerprint density at radius 1 is 1.50 bits per heavy atom. The Bertz CT molecular complexity index is 552. The summed E-state index contributed by atoms with van der Waals surface area (Å²) < 4.78 is 6.29. The van der Waals surface area contributed by atoms with Crippen molar-refractivity contribution in [1.82, 2.24) is 19.7 Å². The summed E-state index contributed by atoms with van der Waals surface area (Å²) in [6.45, 7) is 0.514. The van der Waals surface area contributed by atoms with Crippen molar-refractivity contribution in [2.45, 2.75) is 6.54 Å². The van der Waals surface area contributed by atoms with Crippen LogP contribution >= 0.6 is 0 Å². The van der Waals surface area contributed by atoms with Crippen LogP contribution in [0.2, 0.25) is 0 Å². The lowest BCUT2D eigenvalue weighted by molar-refractivity contribution is 0.0593. The second-order valence-electron chi connectivity index (χ2n) is 3.62. The molecule has 0 saturated heterocycles. The van der Waals surface area contributed by atoms with Gasteiger partial charge in [0, 0.05) is 13.2 Å². The number of anilines is 1. The fourth-order valence-corrected chi connectivity index (χ4v) is 1.39. The number of nitrogens with one attached hydrogen (secondary N) is 1. The molecule has 0 amide bonds. The van der Waals surface area contributed by atoms with E-state index in [9.17, 15) is 4.79 Å². The summed E-state index contributed by atoms with van der Waals surface area (Å²) in [5.41, 5.74) is 1.05. The van der Waals surface area contributed by atoms with E-state index in [1.165, 1.54) is 19.5 Å². The number of aromatic nitrogens is 4. The molecule has 2 rings (SSSR count). The molecule has 0 aliphatic rings. The molecule has 2 heterocycles. The first kappa shape index (κ1) is 12.0. The average Bonchev–Trinajstić information content (AvgIpc) is 2.81. The summed E-state index contributed by atoms with van der Waals surface area (Å²) in [6.07, 6.45) is 4.75. The molecule has 7 nitrogen and oxygen atoms in total. The number of methoxy groups -OCH3 is 1. The zero-order valence-corrected chi connectivity index (χ0v) is 10.1. The lowest BCUT2D eigenvalue weighted by Crippen LogP contribution is -2.09. The van der Waals surface area contributed by atoms with Gasteiger partial charge in [-0.2, -0.15) is 5.10 Å². The van der Waals surface area contributed by atoms with Crippen molar-refractivity contribution in [3.8, 4) is 0 Å². The minimum absolute atomic E-state index is 0.170. The summed E-state index contributed by atoms with van der Waals surface area (Å²) >= 11 is 0. The van der Waals surface area contributed by atoms with Crippen molar-refractivity contribution in [2.24, 2.45) is 7.05 Å². The summed E-state index contributed by atoms with van der Waals surface area (Å²) in [7, 11) is 3.15. The standard InChI is InChI=1S/C11H13N5O2/c1-16-4-3-8(15-16)5-13-10-7-12-6-9(14-10)11(17)18-2/h3-4,6-7H,5H2,1-2H3,(H,13,14). The molecule has 1 N–H and O–H groups in total. The monoisotopic (exact) mass is 247 g/mol. The van der Waals surface area contributed by atoms with Crippen LogP contribution < -0.4 is 5.32 Å². The minimum Gasteiger partial charge on any atom is -0.464 e. The van der Waals surface area contributed by atoms with Gasteiger partial charge in [-0.3, -0.25) is 9.67 Å². The molecule has 0 fully saturated rings. The Morgan fingerprint density at radius 2 is 2.33 bits per heavy atom. The quantitative estimate of drug-likeness (QED) is 0.797. The van der Waals surface area contributed by atoms with E-state index < -0.39 is 5.97 Å². The Morgan fingerprint density at radius 3 is 3.00 bits per heavy atom. The van der Waals surface area contributed by atoms with Crippen molar-refractivity contribution < 1.29 is 9.53 Å². The molecule has 2 aromatic rings. The highest BCUT2D eigenvalue weighted by Crippen LogP contribution is 2.05. The fourth-order valence-electron chi connectivity index (χ4n) is 1.39. The topological polar surface area (TPSA) is 81.9 Å². The SMILES string of the molecule is COC(=O)c1cncc(NCc2ccn(C)n2)n1. The Kier molecular flexibility index (Phi) is 3.52. The molecule has 0 aromatic carbocycles. The average molecular weight is 247 g/mol. The second-order valence-corrected chi connectivity index (χ2v) is 3.62. The fraction of sp³-hybridized carbons (Fsp3) is 0.273. The van der Waals surface area contributed by atoms with Gasteiger partial charge in [-0.05, 0) is 6.07 Å². The number of hydrogen-bond acceptors (Lipinski definition) is 6. The zero-order chi connectivity index (χ0) is 13.0. The molecule has 0 aliphatic heterocycles. The Balaban J connectivity index is 2.03. The molecule has 0 radical (unpaired) electrons. The molecule has 0 spiro atoms. The van der Waals surface area contributed by atoms with E-state index in [0.29, 0.717) is 12.4 Å². The van der Waals surface area contributed by atoms with Crippen LogP contribution in [-0.2, 0) is 18.3 Å². The van der Waals surface area contributed by atoms with E-state index >= 15 is 0 Å². The maximum Gasteiger partial charge on any atom is 0.358 e. The van der Waals surface area contributed by atoms with Gasteiger partial charge in [-0.25, -0.2) is 9.78 Å². The van der Waals surface area contributed by atoms with E-state index in [0.717, 1.165) is 5.69 Å². The molecule has 0 bridgehead atoms.